The fraction of sp³-hybridized carbons (Fsp3) is 0.385. The van der Waals surface area contributed by atoms with E-state index in [0.717, 1.165) is 29.9 Å². The van der Waals surface area contributed by atoms with Crippen molar-refractivity contribution in [2.75, 3.05) is 13.7 Å². The molecule has 2 rings (SSSR count). The lowest BCUT2D eigenvalue weighted by Gasteiger charge is -2.13. The minimum absolute atomic E-state index is 0.105. The molecule has 1 fully saturated rings. The van der Waals surface area contributed by atoms with E-state index in [-0.39, 0.29) is 5.60 Å². The molecule has 0 saturated carbocycles. The van der Waals surface area contributed by atoms with Crippen molar-refractivity contribution >= 4 is 5.57 Å². The van der Waals surface area contributed by atoms with Crippen LogP contribution in [0.15, 0.2) is 30.8 Å². The lowest BCUT2D eigenvalue weighted by Crippen LogP contribution is -2.11. The zero-order valence-electron chi connectivity index (χ0n) is 9.25. The van der Waals surface area contributed by atoms with Crippen molar-refractivity contribution in [2.24, 2.45) is 0 Å². The van der Waals surface area contributed by atoms with Crippen molar-refractivity contribution in [2.45, 2.75) is 18.9 Å². The van der Waals surface area contributed by atoms with Crippen LogP contribution in [0.5, 0.6) is 5.75 Å². The van der Waals surface area contributed by atoms with Gasteiger partial charge in [0.25, 0.3) is 0 Å². The number of rotatable bonds is 4. The van der Waals surface area contributed by atoms with Crippen molar-refractivity contribution in [3.05, 3.63) is 36.4 Å². The summed E-state index contributed by atoms with van der Waals surface area (Å²) >= 11 is 0. The molecular formula is C13H16O2. The summed E-state index contributed by atoms with van der Waals surface area (Å²) in [5, 5.41) is 0. The number of methoxy groups -OCH3 is 1. The first-order valence-electron chi connectivity index (χ1n) is 5.19. The van der Waals surface area contributed by atoms with E-state index in [1.165, 1.54) is 0 Å². The SMILES string of the molecule is C=C(c1cccc(OC)c1)[C@]1(CC)CO1. The van der Waals surface area contributed by atoms with Gasteiger partial charge in [0.05, 0.1) is 13.7 Å². The fourth-order valence-electron chi connectivity index (χ4n) is 1.75. The molecule has 0 N–H and O–H groups in total. The molecule has 0 bridgehead atoms. The highest BCUT2D eigenvalue weighted by molar-refractivity contribution is 5.73. The van der Waals surface area contributed by atoms with E-state index in [0.29, 0.717) is 0 Å². The molecule has 1 aliphatic heterocycles. The van der Waals surface area contributed by atoms with Crippen LogP contribution >= 0.6 is 0 Å². The Morgan fingerprint density at radius 2 is 2.33 bits per heavy atom. The van der Waals surface area contributed by atoms with Gasteiger partial charge in [0.2, 0.25) is 0 Å². The smallest absolute Gasteiger partial charge is 0.119 e. The van der Waals surface area contributed by atoms with E-state index < -0.39 is 0 Å². The Labute approximate surface area is 90.5 Å². The summed E-state index contributed by atoms with van der Waals surface area (Å²) in [5.74, 6) is 0.862. The van der Waals surface area contributed by atoms with Gasteiger partial charge >= 0.3 is 0 Å². The van der Waals surface area contributed by atoms with E-state index in [4.69, 9.17) is 9.47 Å². The minimum Gasteiger partial charge on any atom is -0.497 e. The molecule has 0 aromatic heterocycles. The van der Waals surface area contributed by atoms with Gasteiger partial charge in [0.1, 0.15) is 11.4 Å². The van der Waals surface area contributed by atoms with Crippen LogP contribution in [0.2, 0.25) is 0 Å². The molecule has 2 heteroatoms. The predicted octanol–water partition coefficient (Wildman–Crippen LogP) is 2.89. The van der Waals surface area contributed by atoms with Crippen LogP contribution in [0.4, 0.5) is 0 Å². The molecule has 2 nitrogen and oxygen atoms in total. The summed E-state index contributed by atoms with van der Waals surface area (Å²) in [6.07, 6.45) is 0.975. The van der Waals surface area contributed by atoms with Crippen molar-refractivity contribution in [3.63, 3.8) is 0 Å². The first kappa shape index (κ1) is 10.2. The predicted molar refractivity (Wildman–Crippen MR) is 61.0 cm³/mol. The number of benzene rings is 1. The molecule has 1 aromatic carbocycles. The standard InChI is InChI=1S/C13H16O2/c1-4-13(9-15-13)10(2)11-6-5-7-12(8-11)14-3/h5-8H,2,4,9H2,1,3H3/t13-/m0/s1. The summed E-state index contributed by atoms with van der Waals surface area (Å²) in [6, 6.07) is 7.96. The van der Waals surface area contributed by atoms with Gasteiger partial charge in [0, 0.05) is 0 Å². The summed E-state index contributed by atoms with van der Waals surface area (Å²) < 4.78 is 10.7. The van der Waals surface area contributed by atoms with Crippen molar-refractivity contribution in [1.82, 2.24) is 0 Å². The number of epoxide rings is 1. The first-order chi connectivity index (χ1) is 7.22. The van der Waals surface area contributed by atoms with E-state index in [1.54, 1.807) is 7.11 Å². The highest BCUT2D eigenvalue weighted by Gasteiger charge is 2.45. The fourth-order valence-corrected chi connectivity index (χ4v) is 1.75. The van der Waals surface area contributed by atoms with Crippen molar-refractivity contribution in [3.8, 4) is 5.75 Å². The average Bonchev–Trinajstić information content (AvgIpc) is 3.09. The Kier molecular flexibility index (Phi) is 2.53. The zero-order chi connectivity index (χ0) is 10.9. The van der Waals surface area contributed by atoms with Gasteiger partial charge in [-0.05, 0) is 29.7 Å². The summed E-state index contributed by atoms with van der Waals surface area (Å²) in [7, 11) is 1.67. The molecule has 15 heavy (non-hydrogen) atoms. The Morgan fingerprint density at radius 3 is 2.87 bits per heavy atom. The summed E-state index contributed by atoms with van der Waals surface area (Å²) in [6.45, 7) is 7.04. The van der Waals surface area contributed by atoms with Crippen LogP contribution in [0.25, 0.3) is 5.57 Å². The molecule has 1 aromatic rings. The monoisotopic (exact) mass is 204 g/mol. The Balaban J connectivity index is 2.26. The van der Waals surface area contributed by atoms with Crippen molar-refractivity contribution in [1.29, 1.82) is 0 Å². The number of ether oxygens (including phenoxy) is 2. The Hall–Kier alpha value is -1.28. The molecule has 0 aliphatic carbocycles. The van der Waals surface area contributed by atoms with Gasteiger partial charge in [-0.15, -0.1) is 0 Å². The van der Waals surface area contributed by atoms with E-state index in [1.807, 2.05) is 24.3 Å². The third kappa shape index (κ3) is 1.77. The van der Waals surface area contributed by atoms with Gasteiger partial charge in [-0.25, -0.2) is 0 Å². The Morgan fingerprint density at radius 1 is 1.60 bits per heavy atom. The second-order valence-corrected chi connectivity index (χ2v) is 3.85. The lowest BCUT2D eigenvalue weighted by molar-refractivity contribution is 0.353. The molecule has 1 saturated heterocycles. The van der Waals surface area contributed by atoms with Gasteiger partial charge in [-0.2, -0.15) is 0 Å². The topological polar surface area (TPSA) is 21.8 Å². The minimum atomic E-state index is -0.105. The molecule has 80 valence electrons. The Bertz CT molecular complexity index is 378. The zero-order valence-corrected chi connectivity index (χ0v) is 9.25. The number of hydrogen-bond donors (Lipinski definition) is 0. The molecular weight excluding hydrogens is 188 g/mol. The van der Waals surface area contributed by atoms with Crippen LogP contribution in [0.3, 0.4) is 0 Å². The van der Waals surface area contributed by atoms with E-state index in [2.05, 4.69) is 13.5 Å². The van der Waals surface area contributed by atoms with Gasteiger partial charge in [-0.3, -0.25) is 0 Å². The maximum atomic E-state index is 5.49. The third-order valence-electron chi connectivity index (χ3n) is 3.03. The van der Waals surface area contributed by atoms with Crippen LogP contribution in [0, 0.1) is 0 Å². The molecule has 1 aliphatic rings. The van der Waals surface area contributed by atoms with Crippen LogP contribution in [-0.4, -0.2) is 19.3 Å². The second-order valence-electron chi connectivity index (χ2n) is 3.85. The molecule has 0 amide bonds. The second kappa shape index (κ2) is 3.70. The van der Waals surface area contributed by atoms with E-state index in [9.17, 15) is 0 Å². The summed E-state index contributed by atoms with van der Waals surface area (Å²) in [5.41, 5.74) is 2.06. The van der Waals surface area contributed by atoms with Crippen LogP contribution in [-0.2, 0) is 4.74 Å². The highest BCUT2D eigenvalue weighted by atomic mass is 16.6. The van der Waals surface area contributed by atoms with Gasteiger partial charge < -0.3 is 9.47 Å². The lowest BCUT2D eigenvalue weighted by atomic mass is 9.92. The third-order valence-corrected chi connectivity index (χ3v) is 3.03. The quantitative estimate of drug-likeness (QED) is 0.703. The molecule has 1 atom stereocenters. The average molecular weight is 204 g/mol. The molecule has 0 spiro atoms. The molecule has 1 heterocycles. The van der Waals surface area contributed by atoms with Crippen LogP contribution < -0.4 is 4.74 Å². The number of hydrogen-bond acceptors (Lipinski definition) is 2. The molecule has 0 radical (unpaired) electrons. The first-order valence-corrected chi connectivity index (χ1v) is 5.19. The normalized spacial score (nSPS) is 23.6. The highest BCUT2D eigenvalue weighted by Crippen LogP contribution is 2.42. The molecule has 0 unspecified atom stereocenters. The maximum Gasteiger partial charge on any atom is 0.119 e. The van der Waals surface area contributed by atoms with Crippen molar-refractivity contribution < 1.29 is 9.47 Å². The van der Waals surface area contributed by atoms with Gasteiger partial charge in [-0.1, -0.05) is 25.6 Å². The van der Waals surface area contributed by atoms with Gasteiger partial charge in [0.15, 0.2) is 0 Å². The maximum absolute atomic E-state index is 5.49. The largest absolute Gasteiger partial charge is 0.497 e. The summed E-state index contributed by atoms with van der Waals surface area (Å²) in [4.78, 5) is 0. The van der Waals surface area contributed by atoms with E-state index >= 15 is 0 Å². The van der Waals surface area contributed by atoms with Crippen LogP contribution in [0.1, 0.15) is 18.9 Å².